The molecule has 0 bridgehead atoms. The fourth-order valence-corrected chi connectivity index (χ4v) is 5.51. The average Bonchev–Trinajstić information content (AvgIpc) is 3.57. The molecule has 1 fully saturated rings. The van der Waals surface area contributed by atoms with Crippen LogP contribution in [0.2, 0.25) is 5.02 Å². The van der Waals surface area contributed by atoms with Gasteiger partial charge in [-0.15, -0.1) is 10.2 Å². The zero-order chi connectivity index (χ0) is 29.3. The Morgan fingerprint density at radius 3 is 2.66 bits per heavy atom. The minimum absolute atomic E-state index is 0.201. The molecule has 216 valence electrons. The number of likely N-dealkylation sites (tertiary alicyclic amines) is 1. The molecular formula is C30H31ClF3N5O2. The van der Waals surface area contributed by atoms with Crippen molar-refractivity contribution in [2.45, 2.75) is 44.8 Å². The monoisotopic (exact) mass is 585 g/mol. The molecule has 2 aromatic carbocycles. The molecule has 0 radical (unpaired) electrons. The van der Waals surface area contributed by atoms with Crippen LogP contribution in [0.1, 0.15) is 61.8 Å². The van der Waals surface area contributed by atoms with Gasteiger partial charge in [-0.05, 0) is 74.7 Å². The van der Waals surface area contributed by atoms with E-state index < -0.39 is 23.9 Å². The van der Waals surface area contributed by atoms with Crippen molar-refractivity contribution < 1.29 is 22.6 Å². The van der Waals surface area contributed by atoms with Crippen LogP contribution in [0.15, 0.2) is 59.6 Å². The van der Waals surface area contributed by atoms with Crippen molar-refractivity contribution in [2.24, 2.45) is 4.99 Å². The molecule has 3 aromatic rings. The first-order valence-electron chi connectivity index (χ1n) is 13.3. The van der Waals surface area contributed by atoms with E-state index in [0.717, 1.165) is 42.8 Å². The van der Waals surface area contributed by atoms with Gasteiger partial charge in [0.25, 0.3) is 12.2 Å². The summed E-state index contributed by atoms with van der Waals surface area (Å²) in [6, 6.07) is 10.3. The molecule has 1 unspecified atom stereocenters. The Kier molecular flexibility index (Phi) is 8.24. The summed E-state index contributed by atoms with van der Waals surface area (Å²) in [6.45, 7) is 9.88. The Labute approximate surface area is 241 Å². The van der Waals surface area contributed by atoms with Crippen LogP contribution < -0.4 is 9.47 Å². The normalized spacial score (nSPS) is 20.2. The van der Waals surface area contributed by atoms with Crippen LogP contribution >= 0.6 is 11.6 Å². The average molecular weight is 586 g/mol. The van der Waals surface area contributed by atoms with E-state index in [0.29, 0.717) is 28.6 Å². The third-order valence-corrected chi connectivity index (χ3v) is 7.80. The SMILES string of the molecule is C=C(/C=C(C)\C(CN1CCC(c2cccc3c2OC(C)(c2ccc(Cl)cc2F)O3)CC1)=N/C)c1nnc(C(F)F)[nH]1. The number of fused-ring (bicyclic) bond motifs is 1. The Hall–Kier alpha value is -3.63. The van der Waals surface area contributed by atoms with Gasteiger partial charge in [0.1, 0.15) is 5.82 Å². The molecule has 0 spiro atoms. The second-order valence-corrected chi connectivity index (χ2v) is 10.8. The fourth-order valence-electron chi connectivity index (χ4n) is 5.35. The van der Waals surface area contributed by atoms with Gasteiger partial charge in [0.05, 0.1) is 11.3 Å². The number of aliphatic imine (C=N–C) groups is 1. The molecule has 2 aliphatic rings. The lowest BCUT2D eigenvalue weighted by molar-refractivity contribution is -0.0711. The van der Waals surface area contributed by atoms with Crippen LogP contribution in [0.3, 0.4) is 0 Å². The van der Waals surface area contributed by atoms with Gasteiger partial charge in [0, 0.05) is 36.7 Å². The smallest absolute Gasteiger partial charge is 0.297 e. The van der Waals surface area contributed by atoms with Crippen molar-refractivity contribution in [2.75, 3.05) is 26.7 Å². The molecule has 41 heavy (non-hydrogen) atoms. The summed E-state index contributed by atoms with van der Waals surface area (Å²) in [5, 5.41) is 7.54. The zero-order valence-corrected chi connectivity index (χ0v) is 23.8. The standard InChI is InChI=1S/C30H31ClF3N5O2/c1-17(14-18(2)28-36-29(27(33)34)38-37-28)24(35-4)16-39-12-10-19(11-13-39)21-6-5-7-25-26(21)41-30(3,40-25)22-9-8-20(31)15-23(22)32/h5-9,14-15,19,27H,2,10-13,16H2,1,3-4H3,(H,36,37,38)/b17-14-,35-24-. The molecule has 1 N–H and O–H groups in total. The number of allylic oxidation sites excluding steroid dienone is 2. The number of nitrogens with zero attached hydrogens (tertiary/aromatic N) is 4. The summed E-state index contributed by atoms with van der Waals surface area (Å²) >= 11 is 5.94. The number of hydrogen-bond donors (Lipinski definition) is 1. The number of alkyl halides is 2. The van der Waals surface area contributed by atoms with Crippen LogP contribution in [0.25, 0.3) is 5.57 Å². The number of piperidine rings is 1. The summed E-state index contributed by atoms with van der Waals surface area (Å²) in [6.07, 6.45) is 0.840. The highest BCUT2D eigenvalue weighted by atomic mass is 35.5. The quantitative estimate of drug-likeness (QED) is 0.226. The second kappa shape index (κ2) is 11.7. The number of H-pyrrole nitrogens is 1. The van der Waals surface area contributed by atoms with Gasteiger partial charge in [-0.2, -0.15) is 0 Å². The molecule has 0 amide bonds. The summed E-state index contributed by atoms with van der Waals surface area (Å²) in [5.74, 6) is -0.566. The van der Waals surface area contributed by atoms with Gasteiger partial charge in [0.2, 0.25) is 0 Å². The van der Waals surface area contributed by atoms with E-state index in [1.807, 2.05) is 25.1 Å². The summed E-state index contributed by atoms with van der Waals surface area (Å²) in [5.41, 5.74) is 3.53. The van der Waals surface area contributed by atoms with Crippen LogP contribution in [-0.2, 0) is 5.79 Å². The first kappa shape index (κ1) is 28.9. The van der Waals surface area contributed by atoms with E-state index in [1.54, 1.807) is 32.2 Å². The number of aromatic amines is 1. The molecule has 11 heteroatoms. The fraction of sp³-hybridized carbons (Fsp3) is 0.367. The summed E-state index contributed by atoms with van der Waals surface area (Å²) in [7, 11) is 1.73. The lowest BCUT2D eigenvalue weighted by atomic mass is 9.88. The molecule has 1 aromatic heterocycles. The van der Waals surface area contributed by atoms with E-state index in [-0.39, 0.29) is 17.3 Å². The predicted molar refractivity (Wildman–Crippen MR) is 152 cm³/mol. The zero-order valence-electron chi connectivity index (χ0n) is 23.1. The molecule has 5 rings (SSSR count). The number of para-hydroxylation sites is 1. The van der Waals surface area contributed by atoms with Crippen molar-refractivity contribution in [1.29, 1.82) is 0 Å². The van der Waals surface area contributed by atoms with Gasteiger partial charge in [-0.25, -0.2) is 13.2 Å². The Morgan fingerprint density at radius 2 is 2.00 bits per heavy atom. The molecule has 7 nitrogen and oxygen atoms in total. The summed E-state index contributed by atoms with van der Waals surface area (Å²) < 4.78 is 52.9. The van der Waals surface area contributed by atoms with Crippen LogP contribution in [-0.4, -0.2) is 52.5 Å². The number of rotatable bonds is 8. The van der Waals surface area contributed by atoms with Crippen LogP contribution in [0, 0.1) is 5.82 Å². The van der Waals surface area contributed by atoms with Crippen molar-refractivity contribution in [1.82, 2.24) is 20.1 Å². The maximum Gasteiger partial charge on any atom is 0.297 e. The van der Waals surface area contributed by atoms with E-state index >= 15 is 0 Å². The minimum atomic E-state index is -2.73. The largest absolute Gasteiger partial charge is 0.444 e. The highest BCUT2D eigenvalue weighted by Gasteiger charge is 2.43. The Balaban J connectivity index is 1.23. The molecule has 0 aliphatic carbocycles. The Morgan fingerprint density at radius 1 is 1.24 bits per heavy atom. The molecular weight excluding hydrogens is 555 g/mol. The topological polar surface area (TPSA) is 75.6 Å². The molecule has 0 saturated carbocycles. The number of benzene rings is 2. The minimum Gasteiger partial charge on any atom is -0.444 e. The van der Waals surface area contributed by atoms with Crippen molar-refractivity contribution in [3.8, 4) is 11.5 Å². The number of aromatic nitrogens is 3. The van der Waals surface area contributed by atoms with E-state index in [4.69, 9.17) is 21.1 Å². The molecule has 1 saturated heterocycles. The number of ether oxygens (including phenoxy) is 2. The van der Waals surface area contributed by atoms with Crippen LogP contribution in [0.4, 0.5) is 13.2 Å². The third kappa shape index (κ3) is 6.04. The van der Waals surface area contributed by atoms with Gasteiger partial charge >= 0.3 is 0 Å². The van der Waals surface area contributed by atoms with Crippen LogP contribution in [0.5, 0.6) is 11.5 Å². The van der Waals surface area contributed by atoms with E-state index in [2.05, 4.69) is 31.7 Å². The number of hydrogen-bond acceptors (Lipinski definition) is 6. The van der Waals surface area contributed by atoms with Gasteiger partial charge in [-0.3, -0.25) is 9.89 Å². The van der Waals surface area contributed by atoms with Gasteiger partial charge in [0.15, 0.2) is 23.1 Å². The van der Waals surface area contributed by atoms with Gasteiger partial charge < -0.3 is 14.5 Å². The molecule has 1 atom stereocenters. The lowest BCUT2D eigenvalue weighted by Crippen LogP contribution is -2.37. The highest BCUT2D eigenvalue weighted by Crippen LogP contribution is 2.49. The Bertz CT molecular complexity index is 1510. The first-order valence-corrected chi connectivity index (χ1v) is 13.7. The maximum atomic E-state index is 14.7. The summed E-state index contributed by atoms with van der Waals surface area (Å²) in [4.78, 5) is 9.30. The predicted octanol–water partition coefficient (Wildman–Crippen LogP) is 7.09. The third-order valence-electron chi connectivity index (χ3n) is 7.56. The molecule has 2 aliphatic heterocycles. The number of halogens is 4. The van der Waals surface area contributed by atoms with Crippen molar-refractivity contribution >= 4 is 22.9 Å². The lowest BCUT2D eigenvalue weighted by Gasteiger charge is -2.33. The number of nitrogens with one attached hydrogen (secondary N) is 1. The van der Waals surface area contributed by atoms with E-state index in [9.17, 15) is 13.2 Å². The van der Waals surface area contributed by atoms with E-state index in [1.165, 1.54) is 6.07 Å². The maximum absolute atomic E-state index is 14.7. The first-order chi connectivity index (χ1) is 19.6. The highest BCUT2D eigenvalue weighted by molar-refractivity contribution is 6.30. The second-order valence-electron chi connectivity index (χ2n) is 10.4. The van der Waals surface area contributed by atoms with Gasteiger partial charge in [-0.1, -0.05) is 30.3 Å². The van der Waals surface area contributed by atoms with Crippen molar-refractivity contribution in [3.05, 3.63) is 88.2 Å². The van der Waals surface area contributed by atoms with Crippen molar-refractivity contribution in [3.63, 3.8) is 0 Å². The molecule has 3 heterocycles.